The Balaban J connectivity index is 1.60. The van der Waals surface area contributed by atoms with E-state index in [-0.39, 0.29) is 16.1 Å². The fourth-order valence-electron chi connectivity index (χ4n) is 2.83. The van der Waals surface area contributed by atoms with E-state index < -0.39 is 21.7 Å². The number of rotatable bonds is 5. The number of anilines is 2. The first kappa shape index (κ1) is 19.1. The number of halogens is 1. The molecule has 0 atom stereocenters. The molecule has 0 saturated carbocycles. The van der Waals surface area contributed by atoms with Crippen LogP contribution in [-0.4, -0.2) is 14.3 Å². The Bertz CT molecular complexity index is 1300. The van der Waals surface area contributed by atoms with Gasteiger partial charge in [0, 0.05) is 10.4 Å². The zero-order chi connectivity index (χ0) is 20.4. The van der Waals surface area contributed by atoms with Gasteiger partial charge < -0.3 is 5.32 Å². The van der Waals surface area contributed by atoms with E-state index in [1.165, 1.54) is 12.1 Å². The molecule has 1 heterocycles. The highest BCUT2D eigenvalue weighted by Gasteiger charge is 2.19. The lowest BCUT2D eigenvalue weighted by molar-refractivity contribution is 0.102. The quantitative estimate of drug-likeness (QED) is 0.467. The van der Waals surface area contributed by atoms with Crippen LogP contribution in [0.3, 0.4) is 0 Å². The fraction of sp³-hybridized carbons (Fsp3) is 0. The first-order valence-corrected chi connectivity index (χ1v) is 10.9. The average molecular weight is 426 g/mol. The molecule has 2 N–H and O–H groups in total. The molecule has 0 spiro atoms. The second-order valence-corrected chi connectivity index (χ2v) is 8.86. The Morgan fingerprint density at radius 1 is 0.931 bits per heavy atom. The van der Waals surface area contributed by atoms with Crippen LogP contribution in [0.1, 0.15) is 10.4 Å². The van der Waals surface area contributed by atoms with Crippen molar-refractivity contribution in [1.29, 1.82) is 0 Å². The summed E-state index contributed by atoms with van der Waals surface area (Å²) in [7, 11) is -3.98. The molecule has 5 nitrogen and oxygen atoms in total. The highest BCUT2D eigenvalue weighted by atomic mass is 32.2. The topological polar surface area (TPSA) is 75.3 Å². The molecule has 29 heavy (non-hydrogen) atoms. The van der Waals surface area contributed by atoms with Gasteiger partial charge in [-0.25, -0.2) is 12.8 Å². The molecule has 146 valence electrons. The van der Waals surface area contributed by atoms with Crippen molar-refractivity contribution in [2.45, 2.75) is 4.90 Å². The van der Waals surface area contributed by atoms with Crippen molar-refractivity contribution in [2.75, 3.05) is 10.0 Å². The van der Waals surface area contributed by atoms with Gasteiger partial charge in [0.05, 0.1) is 16.1 Å². The molecular weight excluding hydrogens is 411 g/mol. The van der Waals surface area contributed by atoms with Gasteiger partial charge in [0.25, 0.3) is 15.9 Å². The summed E-state index contributed by atoms with van der Waals surface area (Å²) in [6.45, 7) is 0. The largest absolute Gasteiger partial charge is 0.322 e. The van der Waals surface area contributed by atoms with Crippen LogP contribution in [0.5, 0.6) is 0 Å². The van der Waals surface area contributed by atoms with Crippen LogP contribution < -0.4 is 10.0 Å². The molecule has 1 aromatic heterocycles. The molecule has 8 heteroatoms. The lowest BCUT2D eigenvalue weighted by atomic mass is 10.1. The maximum absolute atomic E-state index is 13.1. The van der Waals surface area contributed by atoms with E-state index in [4.69, 9.17) is 0 Å². The van der Waals surface area contributed by atoms with Crippen molar-refractivity contribution < 1.29 is 17.6 Å². The van der Waals surface area contributed by atoms with Gasteiger partial charge in [-0.3, -0.25) is 9.52 Å². The minimum Gasteiger partial charge on any atom is -0.322 e. The molecule has 0 radical (unpaired) electrons. The number of carbonyl (C=O) groups excluding carboxylic acids is 1. The monoisotopic (exact) mass is 426 g/mol. The summed E-state index contributed by atoms with van der Waals surface area (Å²) in [6, 6.07) is 18.3. The Hall–Kier alpha value is -3.23. The Labute approximate surface area is 170 Å². The number of hydrogen-bond donors (Lipinski definition) is 2. The smallest absolute Gasteiger partial charge is 0.261 e. The normalized spacial score (nSPS) is 11.3. The average Bonchev–Trinajstić information content (AvgIpc) is 3.16. The summed E-state index contributed by atoms with van der Waals surface area (Å²) in [5, 5.41) is 5.78. The van der Waals surface area contributed by atoms with E-state index >= 15 is 0 Å². The van der Waals surface area contributed by atoms with Crippen LogP contribution in [0.4, 0.5) is 15.8 Å². The molecule has 1 amide bonds. The summed E-state index contributed by atoms with van der Waals surface area (Å²) in [5.74, 6) is -0.983. The number of hydrogen-bond acceptors (Lipinski definition) is 4. The molecule has 0 unspecified atom stereocenters. The van der Waals surface area contributed by atoms with Crippen molar-refractivity contribution in [1.82, 2.24) is 0 Å². The van der Waals surface area contributed by atoms with Crippen LogP contribution in [-0.2, 0) is 10.0 Å². The third kappa shape index (κ3) is 4.13. The summed E-state index contributed by atoms with van der Waals surface area (Å²) in [6.07, 6.45) is 0. The molecular formula is C21H15FN2O3S2. The lowest BCUT2D eigenvalue weighted by Gasteiger charge is -2.13. The molecule has 0 fully saturated rings. The van der Waals surface area contributed by atoms with Gasteiger partial charge in [0.15, 0.2) is 0 Å². The van der Waals surface area contributed by atoms with E-state index in [1.807, 2.05) is 23.6 Å². The fourth-order valence-corrected chi connectivity index (χ4v) is 4.68. The van der Waals surface area contributed by atoms with Gasteiger partial charge in [0.2, 0.25) is 0 Å². The van der Waals surface area contributed by atoms with Gasteiger partial charge in [-0.2, -0.15) is 0 Å². The standard InChI is InChI=1S/C21H15FN2O3S2/c22-15-5-8-17(9-6-15)29(26,27)24-19-4-2-1-3-18(19)21(25)23-16-7-10-20-14(13-16)11-12-28-20/h1-13,24H,(H,23,25). The summed E-state index contributed by atoms with van der Waals surface area (Å²) < 4.78 is 41.8. The van der Waals surface area contributed by atoms with Crippen LogP contribution >= 0.6 is 11.3 Å². The number of thiophene rings is 1. The molecule has 0 saturated heterocycles. The van der Waals surface area contributed by atoms with E-state index in [1.54, 1.807) is 29.5 Å². The van der Waals surface area contributed by atoms with E-state index in [2.05, 4.69) is 10.0 Å². The van der Waals surface area contributed by atoms with E-state index in [0.29, 0.717) is 5.69 Å². The summed E-state index contributed by atoms with van der Waals surface area (Å²) >= 11 is 1.61. The first-order chi connectivity index (χ1) is 13.9. The minimum atomic E-state index is -3.98. The highest BCUT2D eigenvalue weighted by Crippen LogP contribution is 2.26. The zero-order valence-electron chi connectivity index (χ0n) is 14.9. The molecule has 4 aromatic rings. The van der Waals surface area contributed by atoms with Crippen LogP contribution in [0.15, 0.2) is 83.1 Å². The van der Waals surface area contributed by atoms with Crippen molar-refractivity contribution in [3.05, 3.63) is 89.6 Å². The predicted octanol–water partition coefficient (Wildman–Crippen LogP) is 5.09. The Morgan fingerprint density at radius 3 is 2.48 bits per heavy atom. The Kier molecular flexibility index (Phi) is 5.04. The number of nitrogens with one attached hydrogen (secondary N) is 2. The van der Waals surface area contributed by atoms with Gasteiger partial charge >= 0.3 is 0 Å². The van der Waals surface area contributed by atoms with Crippen LogP contribution in [0, 0.1) is 5.82 Å². The molecule has 0 bridgehead atoms. The van der Waals surface area contributed by atoms with E-state index in [0.717, 1.165) is 34.4 Å². The molecule has 0 aliphatic carbocycles. The maximum atomic E-state index is 13.1. The SMILES string of the molecule is O=C(Nc1ccc2sccc2c1)c1ccccc1NS(=O)(=O)c1ccc(F)cc1. The zero-order valence-corrected chi connectivity index (χ0v) is 16.6. The number of para-hydroxylation sites is 1. The maximum Gasteiger partial charge on any atom is 0.261 e. The van der Waals surface area contributed by atoms with Crippen LogP contribution in [0.25, 0.3) is 10.1 Å². The predicted molar refractivity (Wildman–Crippen MR) is 113 cm³/mol. The van der Waals surface area contributed by atoms with Crippen molar-refractivity contribution in [3.8, 4) is 0 Å². The molecule has 0 aliphatic rings. The van der Waals surface area contributed by atoms with Crippen molar-refractivity contribution in [3.63, 3.8) is 0 Å². The van der Waals surface area contributed by atoms with Gasteiger partial charge in [0.1, 0.15) is 5.82 Å². The third-order valence-electron chi connectivity index (χ3n) is 4.25. The molecule has 4 rings (SSSR count). The van der Waals surface area contributed by atoms with Gasteiger partial charge in [-0.1, -0.05) is 12.1 Å². The Morgan fingerprint density at radius 2 is 1.69 bits per heavy atom. The number of benzene rings is 3. The van der Waals surface area contributed by atoms with E-state index in [9.17, 15) is 17.6 Å². The van der Waals surface area contributed by atoms with Crippen LogP contribution in [0.2, 0.25) is 0 Å². The molecule has 0 aliphatic heterocycles. The summed E-state index contributed by atoms with van der Waals surface area (Å²) in [4.78, 5) is 12.7. The summed E-state index contributed by atoms with van der Waals surface area (Å²) in [5.41, 5.74) is 0.909. The molecule has 3 aromatic carbocycles. The first-order valence-electron chi connectivity index (χ1n) is 8.58. The number of carbonyl (C=O) groups is 1. The number of amides is 1. The number of sulfonamides is 1. The lowest BCUT2D eigenvalue weighted by Crippen LogP contribution is -2.18. The van der Waals surface area contributed by atoms with Gasteiger partial charge in [-0.15, -0.1) is 11.3 Å². The second kappa shape index (κ2) is 7.65. The third-order valence-corrected chi connectivity index (χ3v) is 6.53. The minimum absolute atomic E-state index is 0.1000. The van der Waals surface area contributed by atoms with Crippen molar-refractivity contribution in [2.24, 2.45) is 0 Å². The van der Waals surface area contributed by atoms with Gasteiger partial charge in [-0.05, 0) is 71.4 Å². The highest BCUT2D eigenvalue weighted by molar-refractivity contribution is 7.92. The second-order valence-electron chi connectivity index (χ2n) is 6.23. The number of fused-ring (bicyclic) bond motifs is 1. The van der Waals surface area contributed by atoms with Crippen molar-refractivity contribution >= 4 is 48.7 Å².